The van der Waals surface area contributed by atoms with Gasteiger partial charge in [0.15, 0.2) is 11.5 Å². The van der Waals surface area contributed by atoms with Gasteiger partial charge in [0.1, 0.15) is 5.70 Å². The molecule has 33 heavy (non-hydrogen) atoms. The molecule has 0 saturated carbocycles. The first-order valence-corrected chi connectivity index (χ1v) is 10.7. The maximum Gasteiger partial charge on any atom is 0.282 e. The van der Waals surface area contributed by atoms with Crippen LogP contribution in [0.25, 0.3) is 5.57 Å². The summed E-state index contributed by atoms with van der Waals surface area (Å²) in [7, 11) is 3.06. The van der Waals surface area contributed by atoms with E-state index in [-0.39, 0.29) is 11.3 Å². The highest BCUT2D eigenvalue weighted by Crippen LogP contribution is 2.38. The molecular formula is C26H23ClN2O4. The summed E-state index contributed by atoms with van der Waals surface area (Å²) in [5.74, 6) is 0.0929. The van der Waals surface area contributed by atoms with E-state index in [0.29, 0.717) is 33.5 Å². The van der Waals surface area contributed by atoms with Crippen molar-refractivity contribution in [2.24, 2.45) is 0 Å². The number of imide groups is 1. The van der Waals surface area contributed by atoms with Crippen LogP contribution in [-0.2, 0) is 9.59 Å². The number of ether oxygens (including phenoxy) is 2. The molecular weight excluding hydrogens is 440 g/mol. The van der Waals surface area contributed by atoms with Gasteiger partial charge in [-0.25, -0.2) is 4.90 Å². The van der Waals surface area contributed by atoms with Gasteiger partial charge in [-0.1, -0.05) is 41.4 Å². The largest absolute Gasteiger partial charge is 0.493 e. The maximum absolute atomic E-state index is 13.6. The zero-order valence-electron chi connectivity index (χ0n) is 18.7. The lowest BCUT2D eigenvalue weighted by Crippen LogP contribution is -2.32. The quantitative estimate of drug-likeness (QED) is 0.499. The fourth-order valence-electron chi connectivity index (χ4n) is 3.70. The number of benzene rings is 3. The smallest absolute Gasteiger partial charge is 0.282 e. The molecule has 6 nitrogen and oxygen atoms in total. The number of methoxy groups -OCH3 is 2. The SMILES string of the molecule is COc1ccc(C2=C(Nc3cc(Cl)ccc3C)C(=O)N(c3ccc(C)cc3)C2=O)cc1OC. The van der Waals surface area contributed by atoms with Crippen LogP contribution < -0.4 is 19.7 Å². The summed E-state index contributed by atoms with van der Waals surface area (Å²) < 4.78 is 10.7. The number of carbonyl (C=O) groups excluding carboxylic acids is 2. The molecule has 0 aliphatic carbocycles. The molecule has 0 aromatic heterocycles. The van der Waals surface area contributed by atoms with E-state index in [0.717, 1.165) is 11.1 Å². The maximum atomic E-state index is 13.6. The number of amides is 2. The van der Waals surface area contributed by atoms with Crippen LogP contribution in [0.2, 0.25) is 5.02 Å². The summed E-state index contributed by atoms with van der Waals surface area (Å²) in [5, 5.41) is 3.68. The van der Waals surface area contributed by atoms with Crippen LogP contribution in [0.4, 0.5) is 11.4 Å². The van der Waals surface area contributed by atoms with Gasteiger partial charge in [0.2, 0.25) is 0 Å². The summed E-state index contributed by atoms with van der Waals surface area (Å²) >= 11 is 6.18. The van der Waals surface area contributed by atoms with Gasteiger partial charge in [0, 0.05) is 10.7 Å². The summed E-state index contributed by atoms with van der Waals surface area (Å²) in [6, 6.07) is 17.7. The van der Waals surface area contributed by atoms with Gasteiger partial charge in [0.05, 0.1) is 25.5 Å². The van der Waals surface area contributed by atoms with E-state index in [1.54, 1.807) is 42.5 Å². The molecule has 1 aliphatic rings. The first-order chi connectivity index (χ1) is 15.8. The van der Waals surface area contributed by atoms with Gasteiger partial charge >= 0.3 is 0 Å². The second-order valence-corrected chi connectivity index (χ2v) is 8.12. The zero-order chi connectivity index (χ0) is 23.7. The predicted molar refractivity (Wildman–Crippen MR) is 130 cm³/mol. The molecule has 168 valence electrons. The third-order valence-electron chi connectivity index (χ3n) is 5.51. The molecule has 0 unspecified atom stereocenters. The Morgan fingerprint density at radius 2 is 1.52 bits per heavy atom. The van der Waals surface area contributed by atoms with Gasteiger partial charge in [0.25, 0.3) is 11.8 Å². The molecule has 0 radical (unpaired) electrons. The number of hydrogen-bond donors (Lipinski definition) is 1. The van der Waals surface area contributed by atoms with Crippen LogP contribution in [0.1, 0.15) is 16.7 Å². The standard InChI is InChI=1S/C26H23ClN2O4/c1-15-5-10-19(11-6-15)29-25(30)23(17-8-12-21(32-3)22(13-17)33-4)24(26(29)31)28-20-14-18(27)9-7-16(20)2/h5-14,28H,1-4H3. The molecule has 7 heteroatoms. The number of nitrogens with zero attached hydrogens (tertiary/aromatic N) is 1. The third-order valence-corrected chi connectivity index (χ3v) is 5.74. The van der Waals surface area contributed by atoms with Crippen LogP contribution in [0.5, 0.6) is 11.5 Å². The van der Waals surface area contributed by atoms with Crippen molar-refractivity contribution in [2.45, 2.75) is 13.8 Å². The lowest BCUT2D eigenvalue weighted by Gasteiger charge is -2.16. The highest BCUT2D eigenvalue weighted by molar-refractivity contribution is 6.46. The van der Waals surface area contributed by atoms with Crippen LogP contribution in [-0.4, -0.2) is 26.0 Å². The first-order valence-electron chi connectivity index (χ1n) is 10.3. The monoisotopic (exact) mass is 462 g/mol. The minimum atomic E-state index is -0.451. The van der Waals surface area contributed by atoms with Gasteiger partial charge in [-0.05, 0) is 61.4 Å². The highest BCUT2D eigenvalue weighted by Gasteiger charge is 2.40. The molecule has 1 heterocycles. The van der Waals surface area contributed by atoms with Crippen LogP contribution in [0.15, 0.2) is 66.4 Å². The van der Waals surface area contributed by atoms with Crippen molar-refractivity contribution in [3.05, 3.63) is 88.1 Å². The van der Waals surface area contributed by atoms with Gasteiger partial charge in [-0.2, -0.15) is 0 Å². The Balaban J connectivity index is 1.87. The molecule has 0 spiro atoms. The number of nitrogens with one attached hydrogen (secondary N) is 1. The number of rotatable bonds is 6. The van der Waals surface area contributed by atoms with Crippen molar-refractivity contribution < 1.29 is 19.1 Å². The lowest BCUT2D eigenvalue weighted by molar-refractivity contribution is -0.120. The average molecular weight is 463 g/mol. The van der Waals surface area contributed by atoms with E-state index in [9.17, 15) is 9.59 Å². The van der Waals surface area contributed by atoms with E-state index < -0.39 is 11.8 Å². The van der Waals surface area contributed by atoms with Gasteiger partial charge in [-0.3, -0.25) is 9.59 Å². The van der Waals surface area contributed by atoms with Crippen molar-refractivity contribution in [3.63, 3.8) is 0 Å². The minimum Gasteiger partial charge on any atom is -0.493 e. The van der Waals surface area contributed by atoms with Crippen LogP contribution in [0.3, 0.4) is 0 Å². The average Bonchev–Trinajstić information content (AvgIpc) is 3.05. The van der Waals surface area contributed by atoms with Crippen molar-refractivity contribution in [2.75, 3.05) is 24.4 Å². The summed E-state index contributed by atoms with van der Waals surface area (Å²) in [4.78, 5) is 28.4. The Kier molecular flexibility index (Phi) is 6.11. The highest BCUT2D eigenvalue weighted by atomic mass is 35.5. The fourth-order valence-corrected chi connectivity index (χ4v) is 3.87. The fraction of sp³-hybridized carbons (Fsp3) is 0.154. The normalized spacial score (nSPS) is 13.5. The van der Waals surface area contributed by atoms with E-state index in [2.05, 4.69) is 5.32 Å². The Morgan fingerprint density at radius 1 is 0.818 bits per heavy atom. The van der Waals surface area contributed by atoms with Crippen molar-refractivity contribution in [1.29, 1.82) is 0 Å². The summed E-state index contributed by atoms with van der Waals surface area (Å²) in [6.45, 7) is 3.84. The molecule has 0 atom stereocenters. The molecule has 3 aromatic carbocycles. The summed E-state index contributed by atoms with van der Waals surface area (Å²) in [6.07, 6.45) is 0. The third kappa shape index (κ3) is 4.17. The molecule has 3 aromatic rings. The topological polar surface area (TPSA) is 67.9 Å². The molecule has 4 rings (SSSR count). The molecule has 1 aliphatic heterocycles. The molecule has 1 N–H and O–H groups in total. The predicted octanol–water partition coefficient (Wildman–Crippen LogP) is 5.37. The molecule has 0 bridgehead atoms. The Labute approximate surface area is 197 Å². The van der Waals surface area contributed by atoms with Gasteiger partial charge < -0.3 is 14.8 Å². The number of carbonyl (C=O) groups is 2. The minimum absolute atomic E-state index is 0.165. The first kappa shape index (κ1) is 22.4. The van der Waals surface area contributed by atoms with Crippen molar-refractivity contribution in [1.82, 2.24) is 0 Å². The zero-order valence-corrected chi connectivity index (χ0v) is 19.5. The van der Waals surface area contributed by atoms with Crippen LogP contribution in [0, 0.1) is 13.8 Å². The second kappa shape index (κ2) is 9.00. The van der Waals surface area contributed by atoms with E-state index >= 15 is 0 Å². The number of anilines is 2. The number of halogens is 1. The van der Waals surface area contributed by atoms with E-state index in [1.165, 1.54) is 19.1 Å². The Hall–Kier alpha value is -3.77. The second-order valence-electron chi connectivity index (χ2n) is 7.69. The summed E-state index contributed by atoms with van der Waals surface area (Å²) in [5.41, 5.74) is 3.98. The van der Waals surface area contributed by atoms with Crippen molar-refractivity contribution >= 4 is 40.4 Å². The molecule has 0 saturated heterocycles. The van der Waals surface area contributed by atoms with Gasteiger partial charge in [-0.15, -0.1) is 0 Å². The number of hydrogen-bond acceptors (Lipinski definition) is 5. The number of aryl methyl sites for hydroxylation is 2. The van der Waals surface area contributed by atoms with Crippen molar-refractivity contribution in [3.8, 4) is 11.5 Å². The lowest BCUT2D eigenvalue weighted by atomic mass is 10.0. The van der Waals surface area contributed by atoms with E-state index in [4.69, 9.17) is 21.1 Å². The molecule has 2 amide bonds. The van der Waals surface area contributed by atoms with E-state index in [1.807, 2.05) is 32.0 Å². The molecule has 0 fully saturated rings. The Bertz CT molecular complexity index is 1280. The van der Waals surface area contributed by atoms with Crippen LogP contribution >= 0.6 is 11.6 Å². The Morgan fingerprint density at radius 3 is 2.18 bits per heavy atom.